The van der Waals surface area contributed by atoms with Gasteiger partial charge in [-0.05, 0) is 24.7 Å². The van der Waals surface area contributed by atoms with E-state index in [-0.39, 0.29) is 0 Å². The molecule has 1 atom stereocenters. The number of nitrogens with zero attached hydrogens (tertiary/aromatic N) is 1. The molecule has 1 heterocycles. The molecule has 0 saturated carbocycles. The van der Waals surface area contributed by atoms with E-state index in [4.69, 9.17) is 11.6 Å². The second-order valence-electron chi connectivity index (χ2n) is 4.58. The largest absolute Gasteiger partial charge is 0.342 e. The Balaban J connectivity index is 2.25. The highest BCUT2D eigenvalue weighted by Crippen LogP contribution is 2.19. The van der Waals surface area contributed by atoms with E-state index in [9.17, 15) is 4.79 Å². The van der Waals surface area contributed by atoms with Gasteiger partial charge in [-0.15, -0.1) is 11.6 Å². The monoisotopic (exact) mass is 217 g/mol. The summed E-state index contributed by atoms with van der Waals surface area (Å²) in [4.78, 5) is 13.7. The van der Waals surface area contributed by atoms with E-state index >= 15 is 0 Å². The molecule has 82 valence electrons. The second-order valence-corrected chi connectivity index (χ2v) is 4.89. The van der Waals surface area contributed by atoms with Crippen molar-refractivity contribution in [2.45, 2.75) is 33.1 Å². The van der Waals surface area contributed by atoms with Gasteiger partial charge in [-0.1, -0.05) is 13.8 Å². The maximum absolute atomic E-state index is 11.7. The topological polar surface area (TPSA) is 20.3 Å². The van der Waals surface area contributed by atoms with Gasteiger partial charge in [-0.2, -0.15) is 0 Å². The lowest BCUT2D eigenvalue weighted by atomic mass is 10.1. The van der Waals surface area contributed by atoms with Crippen LogP contribution in [-0.4, -0.2) is 29.8 Å². The third kappa shape index (κ3) is 3.49. The summed E-state index contributed by atoms with van der Waals surface area (Å²) < 4.78 is 0. The summed E-state index contributed by atoms with van der Waals surface area (Å²) in [6.45, 7) is 6.09. The van der Waals surface area contributed by atoms with Gasteiger partial charge in [0.1, 0.15) is 0 Å². The highest BCUT2D eigenvalue weighted by Gasteiger charge is 2.24. The molecule has 0 radical (unpaired) electrons. The van der Waals surface area contributed by atoms with Gasteiger partial charge in [0.15, 0.2) is 0 Å². The summed E-state index contributed by atoms with van der Waals surface area (Å²) >= 11 is 5.77. The smallest absolute Gasteiger partial charge is 0.222 e. The number of carbonyl (C=O) groups is 1. The Bertz CT molecular complexity index is 194. The average molecular weight is 218 g/mol. The molecule has 14 heavy (non-hydrogen) atoms. The molecule has 3 heteroatoms. The fourth-order valence-electron chi connectivity index (χ4n) is 1.76. The minimum absolute atomic E-state index is 0.311. The average Bonchev–Trinajstić information content (AvgIpc) is 2.62. The van der Waals surface area contributed by atoms with Crippen LogP contribution in [-0.2, 0) is 4.79 Å². The van der Waals surface area contributed by atoms with Crippen molar-refractivity contribution < 1.29 is 4.79 Å². The highest BCUT2D eigenvalue weighted by atomic mass is 35.5. The summed E-state index contributed by atoms with van der Waals surface area (Å²) in [7, 11) is 0. The van der Waals surface area contributed by atoms with E-state index in [1.165, 1.54) is 0 Å². The molecule has 0 aromatic heterocycles. The summed E-state index contributed by atoms with van der Waals surface area (Å²) in [5.41, 5.74) is 0. The number of alkyl halides is 1. The lowest BCUT2D eigenvalue weighted by Crippen LogP contribution is -2.28. The minimum atomic E-state index is 0.311. The molecule has 0 aromatic rings. The predicted molar refractivity (Wildman–Crippen MR) is 59.5 cm³/mol. The lowest BCUT2D eigenvalue weighted by Gasteiger charge is -2.16. The van der Waals surface area contributed by atoms with Crippen LogP contribution in [0.15, 0.2) is 0 Å². The van der Waals surface area contributed by atoms with Gasteiger partial charge in [-0.25, -0.2) is 0 Å². The molecule has 1 amide bonds. The predicted octanol–water partition coefficient (Wildman–Crippen LogP) is 2.51. The van der Waals surface area contributed by atoms with Crippen molar-refractivity contribution in [3.63, 3.8) is 0 Å². The summed E-state index contributed by atoms with van der Waals surface area (Å²) in [5.74, 6) is 2.14. The molecule has 1 unspecified atom stereocenters. The van der Waals surface area contributed by atoms with Crippen molar-refractivity contribution in [1.82, 2.24) is 4.90 Å². The van der Waals surface area contributed by atoms with Crippen molar-refractivity contribution in [3.05, 3.63) is 0 Å². The van der Waals surface area contributed by atoms with Crippen molar-refractivity contribution in [1.29, 1.82) is 0 Å². The van der Waals surface area contributed by atoms with E-state index in [0.717, 1.165) is 25.9 Å². The van der Waals surface area contributed by atoms with E-state index in [2.05, 4.69) is 13.8 Å². The number of hydrogen-bond donors (Lipinski definition) is 0. The molecule has 1 saturated heterocycles. The Kier molecular flexibility index (Phi) is 4.73. The molecule has 0 bridgehead atoms. The zero-order valence-electron chi connectivity index (χ0n) is 9.13. The lowest BCUT2D eigenvalue weighted by molar-refractivity contribution is -0.130. The molecule has 0 aromatic carbocycles. The maximum atomic E-state index is 11.7. The van der Waals surface area contributed by atoms with Gasteiger partial charge in [-0.3, -0.25) is 4.79 Å². The molecule has 0 N–H and O–H groups in total. The van der Waals surface area contributed by atoms with E-state index < -0.39 is 0 Å². The Hall–Kier alpha value is -0.240. The third-order valence-corrected chi connectivity index (χ3v) is 3.23. The van der Waals surface area contributed by atoms with Crippen LogP contribution in [0.1, 0.15) is 33.1 Å². The van der Waals surface area contributed by atoms with Crippen LogP contribution in [0.2, 0.25) is 0 Å². The first-order valence-corrected chi connectivity index (χ1v) is 6.00. The number of carbonyl (C=O) groups excluding carboxylic acids is 1. The first-order valence-electron chi connectivity index (χ1n) is 5.47. The number of amides is 1. The Morgan fingerprint density at radius 2 is 2.29 bits per heavy atom. The zero-order valence-corrected chi connectivity index (χ0v) is 9.89. The van der Waals surface area contributed by atoms with Gasteiger partial charge < -0.3 is 4.90 Å². The summed E-state index contributed by atoms with van der Waals surface area (Å²) in [6.07, 6.45) is 2.78. The van der Waals surface area contributed by atoms with Crippen molar-refractivity contribution in [2.75, 3.05) is 19.0 Å². The number of likely N-dealkylation sites (tertiary alicyclic amines) is 1. The first-order chi connectivity index (χ1) is 6.63. The van der Waals surface area contributed by atoms with Crippen LogP contribution in [0.3, 0.4) is 0 Å². The van der Waals surface area contributed by atoms with E-state index in [1.807, 2.05) is 4.90 Å². The SMILES string of the molecule is CC(C)CCC(=O)N1CCC(CCl)C1. The van der Waals surface area contributed by atoms with Crippen LogP contribution < -0.4 is 0 Å². The van der Waals surface area contributed by atoms with Crippen molar-refractivity contribution >= 4 is 17.5 Å². The van der Waals surface area contributed by atoms with Gasteiger partial charge in [0.25, 0.3) is 0 Å². The van der Waals surface area contributed by atoms with Gasteiger partial charge in [0.2, 0.25) is 5.91 Å². The molecule has 1 fully saturated rings. The van der Waals surface area contributed by atoms with Gasteiger partial charge >= 0.3 is 0 Å². The van der Waals surface area contributed by atoms with Crippen LogP contribution in [0.25, 0.3) is 0 Å². The maximum Gasteiger partial charge on any atom is 0.222 e. The number of halogens is 1. The van der Waals surface area contributed by atoms with Crippen molar-refractivity contribution in [2.24, 2.45) is 11.8 Å². The summed E-state index contributed by atoms with van der Waals surface area (Å²) in [5, 5.41) is 0. The van der Waals surface area contributed by atoms with Crippen molar-refractivity contribution in [3.8, 4) is 0 Å². The molecular weight excluding hydrogens is 198 g/mol. The standard InChI is InChI=1S/C11H20ClNO/c1-9(2)3-4-11(14)13-6-5-10(7-12)8-13/h9-10H,3-8H2,1-2H3. The molecule has 1 rings (SSSR count). The van der Waals surface area contributed by atoms with Gasteiger partial charge in [0, 0.05) is 25.4 Å². The van der Waals surface area contributed by atoms with Crippen LogP contribution >= 0.6 is 11.6 Å². The second kappa shape index (κ2) is 5.59. The fourth-order valence-corrected chi connectivity index (χ4v) is 2.01. The normalized spacial score (nSPS) is 22.0. The van der Waals surface area contributed by atoms with Gasteiger partial charge in [0.05, 0.1) is 0 Å². The number of hydrogen-bond acceptors (Lipinski definition) is 1. The Labute approximate surface area is 91.6 Å². The van der Waals surface area contributed by atoms with Crippen LogP contribution in [0, 0.1) is 11.8 Å². The van der Waals surface area contributed by atoms with Crippen LogP contribution in [0.5, 0.6) is 0 Å². The third-order valence-electron chi connectivity index (χ3n) is 2.79. The highest BCUT2D eigenvalue weighted by molar-refractivity contribution is 6.18. The van der Waals surface area contributed by atoms with E-state index in [1.54, 1.807) is 0 Å². The quantitative estimate of drug-likeness (QED) is 0.663. The molecule has 1 aliphatic rings. The Morgan fingerprint density at radius 3 is 2.79 bits per heavy atom. The van der Waals surface area contributed by atoms with Crippen LogP contribution in [0.4, 0.5) is 0 Å². The summed E-state index contributed by atoms with van der Waals surface area (Å²) in [6, 6.07) is 0. The van der Waals surface area contributed by atoms with E-state index in [0.29, 0.717) is 30.0 Å². The molecule has 1 aliphatic heterocycles. The molecular formula is C11H20ClNO. The molecule has 0 spiro atoms. The minimum Gasteiger partial charge on any atom is -0.342 e. The zero-order chi connectivity index (χ0) is 10.6. The Morgan fingerprint density at radius 1 is 1.57 bits per heavy atom. The molecule has 0 aliphatic carbocycles. The first kappa shape index (κ1) is 11.8. The molecule has 2 nitrogen and oxygen atoms in total. The number of rotatable bonds is 4. The fraction of sp³-hybridized carbons (Fsp3) is 0.909.